The van der Waals surface area contributed by atoms with Gasteiger partial charge in [0.1, 0.15) is 0 Å². The summed E-state index contributed by atoms with van der Waals surface area (Å²) in [5.41, 5.74) is 0. The fraction of sp³-hybridized carbons (Fsp3) is 0.938. The molecule has 116 valence electrons. The zero-order valence-corrected chi connectivity index (χ0v) is 13.7. The molecule has 1 atom stereocenters. The zero-order valence-electron chi connectivity index (χ0n) is 12.9. The summed E-state index contributed by atoms with van der Waals surface area (Å²) in [6, 6.07) is 0.390. The first-order valence-electron chi connectivity index (χ1n) is 8.28. The highest BCUT2D eigenvalue weighted by Crippen LogP contribution is 2.25. The molecule has 0 radical (unpaired) electrons. The van der Waals surface area contributed by atoms with Gasteiger partial charge in [0.05, 0.1) is 0 Å². The second-order valence-corrected chi connectivity index (χ2v) is 7.40. The molecule has 0 aromatic carbocycles. The monoisotopic (exact) mass is 298 g/mol. The quantitative estimate of drug-likeness (QED) is 0.818. The molecule has 1 amide bonds. The van der Waals surface area contributed by atoms with Gasteiger partial charge < -0.3 is 10.2 Å². The van der Waals surface area contributed by atoms with Gasteiger partial charge in [-0.1, -0.05) is 19.3 Å². The van der Waals surface area contributed by atoms with Crippen molar-refractivity contribution in [2.75, 3.05) is 31.6 Å². The number of hydrogen-bond donors (Lipinski definition) is 1. The summed E-state index contributed by atoms with van der Waals surface area (Å²) >= 11 is 1.74. The van der Waals surface area contributed by atoms with Crippen LogP contribution in [-0.4, -0.2) is 48.5 Å². The van der Waals surface area contributed by atoms with Gasteiger partial charge in [-0.2, -0.15) is 11.8 Å². The molecule has 2 fully saturated rings. The maximum absolute atomic E-state index is 11.8. The maximum Gasteiger partial charge on any atom is 0.221 e. The van der Waals surface area contributed by atoms with Gasteiger partial charge in [0.2, 0.25) is 5.91 Å². The van der Waals surface area contributed by atoms with E-state index in [1.54, 1.807) is 11.8 Å². The van der Waals surface area contributed by atoms with Crippen LogP contribution in [0.2, 0.25) is 0 Å². The molecule has 2 rings (SSSR count). The third kappa shape index (κ3) is 5.65. The van der Waals surface area contributed by atoms with Crippen LogP contribution < -0.4 is 5.32 Å². The number of carbonyl (C=O) groups is 1. The van der Waals surface area contributed by atoms with Crippen molar-refractivity contribution in [3.8, 4) is 0 Å². The first-order valence-corrected chi connectivity index (χ1v) is 9.68. The van der Waals surface area contributed by atoms with E-state index >= 15 is 0 Å². The van der Waals surface area contributed by atoms with Gasteiger partial charge in [-0.3, -0.25) is 4.79 Å². The molecule has 0 bridgehead atoms. The predicted octanol–water partition coefficient (Wildman–Crippen LogP) is 2.90. The second kappa shape index (κ2) is 8.93. The largest absolute Gasteiger partial charge is 0.352 e. The van der Waals surface area contributed by atoms with E-state index in [2.05, 4.69) is 16.5 Å². The second-order valence-electron chi connectivity index (χ2n) is 6.41. The number of rotatable bonds is 6. The van der Waals surface area contributed by atoms with Crippen molar-refractivity contribution in [3.63, 3.8) is 0 Å². The highest BCUT2D eigenvalue weighted by atomic mass is 32.2. The summed E-state index contributed by atoms with van der Waals surface area (Å²) in [5, 5.41) is 3.23. The van der Waals surface area contributed by atoms with Gasteiger partial charge in [0.25, 0.3) is 0 Å². The van der Waals surface area contributed by atoms with Crippen molar-refractivity contribution < 1.29 is 4.79 Å². The van der Waals surface area contributed by atoms with Gasteiger partial charge in [0.15, 0.2) is 0 Å². The van der Waals surface area contributed by atoms with Crippen molar-refractivity contribution >= 4 is 17.7 Å². The lowest BCUT2D eigenvalue weighted by atomic mass is 9.88. The topological polar surface area (TPSA) is 32.3 Å². The lowest BCUT2D eigenvalue weighted by Crippen LogP contribution is -2.49. The number of hydrogen-bond acceptors (Lipinski definition) is 3. The highest BCUT2D eigenvalue weighted by molar-refractivity contribution is 7.98. The summed E-state index contributed by atoms with van der Waals surface area (Å²) in [7, 11) is 0. The van der Waals surface area contributed by atoms with Crippen LogP contribution in [0.3, 0.4) is 0 Å². The average Bonchev–Trinajstić information content (AvgIpc) is 2.46. The lowest BCUT2D eigenvalue weighted by Gasteiger charge is -2.36. The molecule has 1 saturated carbocycles. The lowest BCUT2D eigenvalue weighted by molar-refractivity contribution is -0.121. The van der Waals surface area contributed by atoms with Crippen LogP contribution in [0.15, 0.2) is 0 Å². The van der Waals surface area contributed by atoms with Crippen molar-refractivity contribution in [2.45, 2.75) is 57.4 Å². The van der Waals surface area contributed by atoms with Gasteiger partial charge in [-0.05, 0) is 44.4 Å². The van der Waals surface area contributed by atoms with Crippen molar-refractivity contribution in [3.05, 3.63) is 0 Å². The fourth-order valence-electron chi connectivity index (χ4n) is 3.57. The zero-order chi connectivity index (χ0) is 14.2. The number of carbonyl (C=O) groups excluding carboxylic acids is 1. The normalized spacial score (nSPS) is 25.6. The summed E-state index contributed by atoms with van der Waals surface area (Å²) in [5.74, 6) is 2.09. The molecule has 0 spiro atoms. The summed E-state index contributed by atoms with van der Waals surface area (Å²) in [6.45, 7) is 3.56. The van der Waals surface area contributed by atoms with Crippen LogP contribution in [0.1, 0.15) is 51.4 Å². The molecule has 1 aliphatic carbocycles. The molecular weight excluding hydrogens is 268 g/mol. The van der Waals surface area contributed by atoms with Crippen LogP contribution in [0.5, 0.6) is 0 Å². The summed E-state index contributed by atoms with van der Waals surface area (Å²) in [4.78, 5) is 14.4. The van der Waals surface area contributed by atoms with Crippen LogP contribution in [0, 0.1) is 5.92 Å². The molecule has 1 saturated heterocycles. The van der Waals surface area contributed by atoms with E-state index < -0.39 is 0 Å². The van der Waals surface area contributed by atoms with E-state index in [0.29, 0.717) is 12.5 Å². The van der Waals surface area contributed by atoms with Crippen LogP contribution in [0.4, 0.5) is 0 Å². The fourth-order valence-corrected chi connectivity index (χ4v) is 3.96. The third-order valence-electron chi connectivity index (χ3n) is 4.65. The smallest absolute Gasteiger partial charge is 0.221 e. The van der Waals surface area contributed by atoms with Crippen molar-refractivity contribution in [1.29, 1.82) is 0 Å². The molecule has 2 aliphatic rings. The van der Waals surface area contributed by atoms with Gasteiger partial charge >= 0.3 is 0 Å². The van der Waals surface area contributed by atoms with Crippen LogP contribution >= 0.6 is 11.8 Å². The van der Waals surface area contributed by atoms with E-state index in [4.69, 9.17) is 0 Å². The van der Waals surface area contributed by atoms with E-state index in [-0.39, 0.29) is 5.91 Å². The van der Waals surface area contributed by atoms with E-state index in [9.17, 15) is 4.79 Å². The van der Waals surface area contributed by atoms with Gasteiger partial charge in [0, 0.05) is 31.3 Å². The summed E-state index contributed by atoms with van der Waals surface area (Å²) in [6.07, 6.45) is 12.2. The van der Waals surface area contributed by atoms with Gasteiger partial charge in [-0.15, -0.1) is 0 Å². The number of nitrogens with one attached hydrogen (secondary N) is 1. The Hall–Kier alpha value is -0.220. The SMILES string of the molecule is CSCCC(=O)NC1CCCN(CC2CCCCC2)C1. The minimum absolute atomic E-state index is 0.240. The summed E-state index contributed by atoms with van der Waals surface area (Å²) < 4.78 is 0. The molecule has 4 heteroatoms. The minimum Gasteiger partial charge on any atom is -0.352 e. The van der Waals surface area contributed by atoms with Crippen molar-refractivity contribution in [2.24, 2.45) is 5.92 Å². The standard InChI is InChI=1S/C16H30N2OS/c1-20-11-9-16(19)17-15-8-5-10-18(13-15)12-14-6-3-2-4-7-14/h14-15H,2-13H2,1H3,(H,17,19). The Kier molecular flexibility index (Phi) is 7.22. The molecule has 1 N–H and O–H groups in total. The average molecular weight is 298 g/mol. The number of likely N-dealkylation sites (tertiary alicyclic amines) is 1. The number of thioether (sulfide) groups is 1. The highest BCUT2D eigenvalue weighted by Gasteiger charge is 2.24. The van der Waals surface area contributed by atoms with E-state index in [1.807, 2.05) is 0 Å². The van der Waals surface area contributed by atoms with Crippen LogP contribution in [0.25, 0.3) is 0 Å². The predicted molar refractivity (Wildman–Crippen MR) is 87.2 cm³/mol. The first-order chi connectivity index (χ1) is 9.78. The maximum atomic E-state index is 11.8. The Morgan fingerprint density at radius 3 is 2.75 bits per heavy atom. The Morgan fingerprint density at radius 1 is 1.20 bits per heavy atom. The Labute approximate surface area is 128 Å². The van der Waals surface area contributed by atoms with Crippen LogP contribution in [-0.2, 0) is 4.79 Å². The molecule has 1 heterocycles. The number of nitrogens with zero attached hydrogens (tertiary/aromatic N) is 1. The minimum atomic E-state index is 0.240. The molecule has 3 nitrogen and oxygen atoms in total. The Balaban J connectivity index is 1.69. The molecule has 1 unspecified atom stereocenters. The Morgan fingerprint density at radius 2 is 2.00 bits per heavy atom. The van der Waals surface area contributed by atoms with Crippen molar-refractivity contribution in [1.82, 2.24) is 10.2 Å². The molecule has 0 aromatic rings. The number of piperidine rings is 1. The van der Waals surface area contributed by atoms with E-state index in [0.717, 1.165) is 24.6 Å². The Bertz CT molecular complexity index is 292. The number of amides is 1. The molecule has 20 heavy (non-hydrogen) atoms. The molecular formula is C16H30N2OS. The van der Waals surface area contributed by atoms with Gasteiger partial charge in [-0.25, -0.2) is 0 Å². The molecule has 1 aliphatic heterocycles. The first kappa shape index (κ1) is 16.2. The molecule has 0 aromatic heterocycles. The third-order valence-corrected chi connectivity index (χ3v) is 5.26. The van der Waals surface area contributed by atoms with E-state index in [1.165, 1.54) is 51.6 Å².